The zero-order chi connectivity index (χ0) is 7.78. The predicted molar refractivity (Wildman–Crippen MR) is 43.3 cm³/mol. The molecule has 10 heavy (non-hydrogen) atoms. The van der Waals surface area contributed by atoms with Gasteiger partial charge >= 0.3 is 0 Å². The molecule has 2 nitrogen and oxygen atoms in total. The van der Waals surface area contributed by atoms with Gasteiger partial charge in [-0.15, -0.1) is 5.10 Å². The molecule has 0 spiro atoms. The Morgan fingerprint density at radius 2 is 1.90 bits per heavy atom. The Morgan fingerprint density at radius 3 is 2.10 bits per heavy atom. The van der Waals surface area contributed by atoms with Crippen molar-refractivity contribution < 1.29 is 0 Å². The van der Waals surface area contributed by atoms with Crippen molar-refractivity contribution in [3.63, 3.8) is 0 Å². The molecule has 0 saturated carbocycles. The van der Waals surface area contributed by atoms with Crippen molar-refractivity contribution in [3.05, 3.63) is 10.6 Å². The van der Waals surface area contributed by atoms with Crippen molar-refractivity contribution >= 4 is 11.5 Å². The molecule has 0 bridgehead atoms. The van der Waals surface area contributed by atoms with E-state index in [-0.39, 0.29) is 5.41 Å². The summed E-state index contributed by atoms with van der Waals surface area (Å²) in [5.74, 6) is 0. The first-order valence-corrected chi connectivity index (χ1v) is 4.08. The summed E-state index contributed by atoms with van der Waals surface area (Å²) in [5, 5.41) is 4.06. The van der Waals surface area contributed by atoms with Gasteiger partial charge in [0.1, 0.15) is 0 Å². The number of hydrogen-bond acceptors (Lipinski definition) is 3. The summed E-state index contributed by atoms with van der Waals surface area (Å²) >= 11 is 1.47. The number of aryl methyl sites for hydroxylation is 1. The molecule has 0 aliphatic heterocycles. The van der Waals surface area contributed by atoms with Crippen molar-refractivity contribution in [2.24, 2.45) is 0 Å². The molecule has 56 valence electrons. The van der Waals surface area contributed by atoms with E-state index < -0.39 is 0 Å². The van der Waals surface area contributed by atoms with Crippen LogP contribution in [0.1, 0.15) is 31.3 Å². The van der Waals surface area contributed by atoms with Gasteiger partial charge in [0, 0.05) is 10.3 Å². The van der Waals surface area contributed by atoms with Crippen LogP contribution in [-0.4, -0.2) is 9.59 Å². The van der Waals surface area contributed by atoms with Crippen LogP contribution < -0.4 is 0 Å². The van der Waals surface area contributed by atoms with E-state index in [0.29, 0.717) is 0 Å². The van der Waals surface area contributed by atoms with Gasteiger partial charge in [0.15, 0.2) is 0 Å². The highest BCUT2D eigenvalue weighted by molar-refractivity contribution is 7.05. The third kappa shape index (κ3) is 1.34. The fraction of sp³-hybridized carbons (Fsp3) is 0.714. The van der Waals surface area contributed by atoms with E-state index in [4.69, 9.17) is 0 Å². The van der Waals surface area contributed by atoms with E-state index in [9.17, 15) is 0 Å². The molecule has 0 radical (unpaired) electrons. The van der Waals surface area contributed by atoms with Crippen molar-refractivity contribution in [3.8, 4) is 0 Å². The molecule has 0 atom stereocenters. The summed E-state index contributed by atoms with van der Waals surface area (Å²) in [7, 11) is 0. The monoisotopic (exact) mass is 156 g/mol. The fourth-order valence-electron chi connectivity index (χ4n) is 0.914. The molecule has 0 aliphatic rings. The van der Waals surface area contributed by atoms with Crippen LogP contribution in [-0.2, 0) is 5.41 Å². The Labute approximate surface area is 65.4 Å². The van der Waals surface area contributed by atoms with Gasteiger partial charge in [-0.05, 0) is 18.5 Å². The van der Waals surface area contributed by atoms with Gasteiger partial charge in [0.25, 0.3) is 0 Å². The molecule has 0 N–H and O–H groups in total. The summed E-state index contributed by atoms with van der Waals surface area (Å²) < 4.78 is 3.88. The Hall–Kier alpha value is -0.440. The average molecular weight is 156 g/mol. The van der Waals surface area contributed by atoms with E-state index in [0.717, 1.165) is 5.69 Å². The molecular weight excluding hydrogens is 144 g/mol. The lowest BCUT2D eigenvalue weighted by Gasteiger charge is -2.14. The molecule has 3 heteroatoms. The topological polar surface area (TPSA) is 25.8 Å². The highest BCUT2D eigenvalue weighted by atomic mass is 32.1. The summed E-state index contributed by atoms with van der Waals surface area (Å²) in [6.45, 7) is 8.51. The molecule has 1 heterocycles. The minimum absolute atomic E-state index is 0.150. The fourth-order valence-corrected chi connectivity index (χ4v) is 1.59. The van der Waals surface area contributed by atoms with Gasteiger partial charge < -0.3 is 0 Å². The van der Waals surface area contributed by atoms with Crippen LogP contribution in [0.5, 0.6) is 0 Å². The normalized spacial score (nSPS) is 12.0. The first kappa shape index (κ1) is 7.66. The number of hydrogen-bond donors (Lipinski definition) is 0. The zero-order valence-corrected chi connectivity index (χ0v) is 7.62. The molecule has 0 aromatic carbocycles. The van der Waals surface area contributed by atoms with Crippen LogP contribution in [0.4, 0.5) is 0 Å². The molecule has 1 aromatic heterocycles. The molecule has 0 unspecified atom stereocenters. The molecule has 1 rings (SSSR count). The van der Waals surface area contributed by atoms with Gasteiger partial charge in [0.05, 0.1) is 5.69 Å². The Morgan fingerprint density at radius 1 is 1.30 bits per heavy atom. The first-order valence-electron chi connectivity index (χ1n) is 3.31. The Kier molecular flexibility index (Phi) is 1.77. The smallest absolute Gasteiger partial charge is 0.0837 e. The van der Waals surface area contributed by atoms with E-state index >= 15 is 0 Å². The molecule has 1 aromatic rings. The lowest BCUT2D eigenvalue weighted by Crippen LogP contribution is -2.12. The van der Waals surface area contributed by atoms with Crippen LogP contribution in [0.25, 0.3) is 0 Å². The molecule has 0 amide bonds. The molecule has 0 aliphatic carbocycles. The summed E-state index contributed by atoms with van der Waals surface area (Å²) in [6, 6.07) is 0. The second-order valence-electron chi connectivity index (χ2n) is 3.43. The summed E-state index contributed by atoms with van der Waals surface area (Å²) in [6.07, 6.45) is 0. The van der Waals surface area contributed by atoms with Crippen LogP contribution in [0.3, 0.4) is 0 Å². The van der Waals surface area contributed by atoms with E-state index in [1.165, 1.54) is 16.4 Å². The van der Waals surface area contributed by atoms with Crippen molar-refractivity contribution in [1.29, 1.82) is 0 Å². The minimum atomic E-state index is 0.150. The first-order chi connectivity index (χ1) is 4.52. The van der Waals surface area contributed by atoms with E-state index in [2.05, 4.69) is 37.3 Å². The van der Waals surface area contributed by atoms with E-state index in [1.807, 2.05) is 0 Å². The van der Waals surface area contributed by atoms with Gasteiger partial charge in [-0.2, -0.15) is 0 Å². The maximum Gasteiger partial charge on any atom is 0.0837 e. The van der Waals surface area contributed by atoms with E-state index in [1.54, 1.807) is 0 Å². The van der Waals surface area contributed by atoms with Crippen LogP contribution >= 0.6 is 11.5 Å². The van der Waals surface area contributed by atoms with Gasteiger partial charge in [-0.1, -0.05) is 25.3 Å². The quantitative estimate of drug-likeness (QED) is 0.575. The standard InChI is InChI=1S/C7H12N2S/c1-5-6(7(2,3)4)8-9-10-5/h1-4H3. The molecular formula is C7H12N2S. The van der Waals surface area contributed by atoms with Crippen LogP contribution in [0.2, 0.25) is 0 Å². The SMILES string of the molecule is Cc1snnc1C(C)(C)C. The third-order valence-corrected chi connectivity index (χ3v) is 1.99. The average Bonchev–Trinajstić information content (AvgIpc) is 2.11. The number of aromatic nitrogens is 2. The van der Waals surface area contributed by atoms with Gasteiger partial charge in [0.2, 0.25) is 0 Å². The van der Waals surface area contributed by atoms with Crippen molar-refractivity contribution in [1.82, 2.24) is 9.59 Å². The van der Waals surface area contributed by atoms with Gasteiger partial charge in [-0.25, -0.2) is 0 Å². The Bertz CT molecular complexity index is 222. The second-order valence-corrected chi connectivity index (χ2v) is 4.39. The predicted octanol–water partition coefficient (Wildman–Crippen LogP) is 2.14. The zero-order valence-electron chi connectivity index (χ0n) is 6.80. The van der Waals surface area contributed by atoms with Crippen molar-refractivity contribution in [2.45, 2.75) is 33.1 Å². The highest BCUT2D eigenvalue weighted by Crippen LogP contribution is 2.24. The maximum absolute atomic E-state index is 4.06. The Balaban J connectivity index is 3.05. The minimum Gasteiger partial charge on any atom is -0.142 e. The number of nitrogens with zero attached hydrogens (tertiary/aromatic N) is 2. The van der Waals surface area contributed by atoms with Crippen LogP contribution in [0, 0.1) is 6.92 Å². The lowest BCUT2D eigenvalue weighted by molar-refractivity contribution is 0.563. The van der Waals surface area contributed by atoms with Gasteiger partial charge in [-0.3, -0.25) is 0 Å². The maximum atomic E-state index is 4.06. The summed E-state index contributed by atoms with van der Waals surface area (Å²) in [4.78, 5) is 1.23. The molecule has 0 saturated heterocycles. The third-order valence-electron chi connectivity index (χ3n) is 1.36. The summed E-state index contributed by atoms with van der Waals surface area (Å²) in [5.41, 5.74) is 1.27. The van der Waals surface area contributed by atoms with Crippen LogP contribution in [0.15, 0.2) is 0 Å². The lowest BCUT2D eigenvalue weighted by atomic mass is 9.92. The highest BCUT2D eigenvalue weighted by Gasteiger charge is 2.19. The molecule has 0 fully saturated rings. The largest absolute Gasteiger partial charge is 0.142 e. The van der Waals surface area contributed by atoms with Crippen molar-refractivity contribution in [2.75, 3.05) is 0 Å². The number of rotatable bonds is 0. The second kappa shape index (κ2) is 2.31.